The average Bonchev–Trinajstić information content (AvgIpc) is 3.15. The number of carbonyl (C=O) groups excluding carboxylic acids is 1. The van der Waals surface area contributed by atoms with Crippen LogP contribution in [0.5, 0.6) is 23.0 Å². The first-order valence-electron chi connectivity index (χ1n) is 8.16. The summed E-state index contributed by atoms with van der Waals surface area (Å²) in [6, 6.07) is 21.9. The fraction of sp³-hybridized carbons (Fsp3) is 0.0952. The summed E-state index contributed by atoms with van der Waals surface area (Å²) in [6.07, 6.45) is 0. The maximum Gasteiger partial charge on any atom is 0.338 e. The Hall–Kier alpha value is -3.47. The van der Waals surface area contributed by atoms with Gasteiger partial charge in [0, 0.05) is 0 Å². The standard InChI is InChI=1S/C21H16O5/c22-21(16-9-10-19-20(12-16)25-14-24-19)23-13-15-5-4-8-18(11-15)26-17-6-2-1-3-7-17/h1-12H,13-14H2. The topological polar surface area (TPSA) is 54.0 Å². The van der Waals surface area contributed by atoms with Gasteiger partial charge >= 0.3 is 5.97 Å². The van der Waals surface area contributed by atoms with E-state index in [1.807, 2.05) is 54.6 Å². The number of carbonyl (C=O) groups is 1. The molecule has 1 aliphatic heterocycles. The Labute approximate surface area is 150 Å². The van der Waals surface area contributed by atoms with E-state index in [4.69, 9.17) is 18.9 Å². The quantitative estimate of drug-likeness (QED) is 0.633. The first kappa shape index (κ1) is 16.0. The van der Waals surface area contributed by atoms with Crippen molar-refractivity contribution in [2.75, 3.05) is 6.79 Å². The fourth-order valence-electron chi connectivity index (χ4n) is 2.58. The van der Waals surface area contributed by atoms with Gasteiger partial charge in [0.1, 0.15) is 18.1 Å². The first-order valence-corrected chi connectivity index (χ1v) is 8.16. The van der Waals surface area contributed by atoms with Gasteiger partial charge in [0.2, 0.25) is 6.79 Å². The van der Waals surface area contributed by atoms with Crippen LogP contribution in [-0.4, -0.2) is 12.8 Å². The largest absolute Gasteiger partial charge is 0.457 e. The smallest absolute Gasteiger partial charge is 0.338 e. The van der Waals surface area contributed by atoms with Gasteiger partial charge in [-0.3, -0.25) is 0 Å². The highest BCUT2D eigenvalue weighted by atomic mass is 16.7. The highest BCUT2D eigenvalue weighted by Gasteiger charge is 2.17. The Morgan fingerprint density at radius 3 is 2.54 bits per heavy atom. The van der Waals surface area contributed by atoms with Gasteiger partial charge in [-0.05, 0) is 48.0 Å². The van der Waals surface area contributed by atoms with Crippen LogP contribution in [0.3, 0.4) is 0 Å². The third-order valence-corrected chi connectivity index (χ3v) is 3.86. The number of ether oxygens (including phenoxy) is 4. The molecule has 26 heavy (non-hydrogen) atoms. The molecule has 130 valence electrons. The molecule has 4 rings (SSSR count). The number of fused-ring (bicyclic) bond motifs is 1. The van der Waals surface area contributed by atoms with E-state index < -0.39 is 5.97 Å². The number of para-hydroxylation sites is 1. The molecular weight excluding hydrogens is 332 g/mol. The van der Waals surface area contributed by atoms with Gasteiger partial charge in [-0.2, -0.15) is 0 Å². The summed E-state index contributed by atoms with van der Waals surface area (Å²) in [6.45, 7) is 0.321. The van der Waals surface area contributed by atoms with Crippen molar-refractivity contribution >= 4 is 5.97 Å². The molecule has 0 N–H and O–H groups in total. The van der Waals surface area contributed by atoms with E-state index in [0.717, 1.165) is 11.3 Å². The molecular formula is C21H16O5. The molecule has 0 unspecified atom stereocenters. The van der Waals surface area contributed by atoms with Crippen LogP contribution in [0.4, 0.5) is 0 Å². The van der Waals surface area contributed by atoms with Crippen LogP contribution < -0.4 is 14.2 Å². The highest BCUT2D eigenvalue weighted by Crippen LogP contribution is 2.32. The summed E-state index contributed by atoms with van der Waals surface area (Å²) in [7, 11) is 0. The van der Waals surface area contributed by atoms with Gasteiger partial charge < -0.3 is 18.9 Å². The molecule has 0 aromatic heterocycles. The lowest BCUT2D eigenvalue weighted by molar-refractivity contribution is 0.0472. The summed E-state index contributed by atoms with van der Waals surface area (Å²) in [5, 5.41) is 0. The predicted octanol–water partition coefficient (Wildman–Crippen LogP) is 4.56. The van der Waals surface area contributed by atoms with Crippen molar-refractivity contribution in [3.05, 3.63) is 83.9 Å². The van der Waals surface area contributed by atoms with E-state index in [0.29, 0.717) is 22.8 Å². The molecule has 0 fully saturated rings. The monoisotopic (exact) mass is 348 g/mol. The second kappa shape index (κ2) is 7.19. The molecule has 3 aromatic carbocycles. The Morgan fingerprint density at radius 2 is 1.65 bits per heavy atom. The Kier molecular flexibility index (Phi) is 4.43. The maximum absolute atomic E-state index is 12.2. The molecule has 3 aromatic rings. The van der Waals surface area contributed by atoms with Crippen molar-refractivity contribution in [3.63, 3.8) is 0 Å². The number of hydrogen-bond acceptors (Lipinski definition) is 5. The van der Waals surface area contributed by atoms with Gasteiger partial charge in [-0.15, -0.1) is 0 Å². The molecule has 0 aliphatic carbocycles. The van der Waals surface area contributed by atoms with Crippen LogP contribution in [-0.2, 0) is 11.3 Å². The van der Waals surface area contributed by atoms with Crippen LogP contribution in [0.2, 0.25) is 0 Å². The van der Waals surface area contributed by atoms with Crippen molar-refractivity contribution in [1.82, 2.24) is 0 Å². The SMILES string of the molecule is O=C(OCc1cccc(Oc2ccccc2)c1)c1ccc2c(c1)OCO2. The van der Waals surface area contributed by atoms with E-state index >= 15 is 0 Å². The zero-order valence-electron chi connectivity index (χ0n) is 13.9. The minimum absolute atomic E-state index is 0.152. The third kappa shape index (κ3) is 3.62. The van der Waals surface area contributed by atoms with E-state index in [-0.39, 0.29) is 13.4 Å². The third-order valence-electron chi connectivity index (χ3n) is 3.86. The average molecular weight is 348 g/mol. The zero-order valence-corrected chi connectivity index (χ0v) is 13.9. The number of hydrogen-bond donors (Lipinski definition) is 0. The van der Waals surface area contributed by atoms with E-state index in [9.17, 15) is 4.79 Å². The fourth-order valence-corrected chi connectivity index (χ4v) is 2.58. The van der Waals surface area contributed by atoms with Crippen LogP contribution in [0.1, 0.15) is 15.9 Å². The molecule has 0 saturated carbocycles. The van der Waals surface area contributed by atoms with Crippen molar-refractivity contribution in [2.24, 2.45) is 0 Å². The number of rotatable bonds is 5. The normalized spacial score (nSPS) is 11.8. The van der Waals surface area contributed by atoms with E-state index in [2.05, 4.69) is 0 Å². The van der Waals surface area contributed by atoms with Crippen molar-refractivity contribution in [1.29, 1.82) is 0 Å². The molecule has 1 heterocycles. The maximum atomic E-state index is 12.2. The summed E-state index contributed by atoms with van der Waals surface area (Å²) < 4.78 is 21.7. The zero-order chi connectivity index (χ0) is 17.8. The highest BCUT2D eigenvalue weighted by molar-refractivity contribution is 5.90. The molecule has 0 spiro atoms. The molecule has 5 nitrogen and oxygen atoms in total. The van der Waals surface area contributed by atoms with Crippen LogP contribution in [0.15, 0.2) is 72.8 Å². The molecule has 1 aliphatic rings. The lowest BCUT2D eigenvalue weighted by atomic mass is 10.2. The molecule has 0 radical (unpaired) electrons. The van der Waals surface area contributed by atoms with Crippen LogP contribution in [0.25, 0.3) is 0 Å². The van der Waals surface area contributed by atoms with Gasteiger partial charge in [0.15, 0.2) is 11.5 Å². The van der Waals surface area contributed by atoms with E-state index in [1.54, 1.807) is 18.2 Å². The Morgan fingerprint density at radius 1 is 0.846 bits per heavy atom. The molecule has 5 heteroatoms. The van der Waals surface area contributed by atoms with Gasteiger partial charge in [0.05, 0.1) is 5.56 Å². The van der Waals surface area contributed by atoms with Crippen molar-refractivity contribution in [2.45, 2.75) is 6.61 Å². The predicted molar refractivity (Wildman–Crippen MR) is 94.6 cm³/mol. The minimum atomic E-state index is -0.419. The van der Waals surface area contributed by atoms with Crippen molar-refractivity contribution in [3.8, 4) is 23.0 Å². The summed E-state index contributed by atoms with van der Waals surface area (Å²) in [5.74, 6) is 2.21. The number of esters is 1. The first-order chi connectivity index (χ1) is 12.8. The lowest BCUT2D eigenvalue weighted by Crippen LogP contribution is -2.05. The molecule has 0 bridgehead atoms. The van der Waals surface area contributed by atoms with Crippen LogP contribution in [0, 0.1) is 0 Å². The van der Waals surface area contributed by atoms with Gasteiger partial charge in [-0.25, -0.2) is 4.79 Å². The van der Waals surface area contributed by atoms with Gasteiger partial charge in [0.25, 0.3) is 0 Å². The lowest BCUT2D eigenvalue weighted by Gasteiger charge is -2.09. The Balaban J connectivity index is 1.40. The molecule has 0 amide bonds. The number of benzene rings is 3. The summed E-state index contributed by atoms with van der Waals surface area (Å²) >= 11 is 0. The minimum Gasteiger partial charge on any atom is -0.457 e. The second-order valence-corrected chi connectivity index (χ2v) is 5.71. The second-order valence-electron chi connectivity index (χ2n) is 5.71. The summed E-state index contributed by atoms with van der Waals surface area (Å²) in [4.78, 5) is 12.2. The molecule has 0 saturated heterocycles. The van der Waals surface area contributed by atoms with Crippen molar-refractivity contribution < 1.29 is 23.7 Å². The van der Waals surface area contributed by atoms with Gasteiger partial charge in [-0.1, -0.05) is 30.3 Å². The Bertz CT molecular complexity index is 921. The molecule has 0 atom stereocenters. The summed E-state index contributed by atoms with van der Waals surface area (Å²) in [5.41, 5.74) is 1.26. The van der Waals surface area contributed by atoms with Crippen LogP contribution >= 0.6 is 0 Å². The van der Waals surface area contributed by atoms with E-state index in [1.165, 1.54) is 0 Å².